The van der Waals surface area contributed by atoms with E-state index in [1.54, 1.807) is 18.2 Å². The van der Waals surface area contributed by atoms with Gasteiger partial charge in [-0.15, -0.1) is 0 Å². The number of carbonyl (C=O) groups excluding carboxylic acids is 1. The molecule has 0 unspecified atom stereocenters. The number of hydrogen-bond donors (Lipinski definition) is 1. The molecule has 0 bridgehead atoms. The second kappa shape index (κ2) is 8.50. The van der Waals surface area contributed by atoms with Gasteiger partial charge in [-0.25, -0.2) is 8.42 Å². The van der Waals surface area contributed by atoms with Gasteiger partial charge in [-0.3, -0.25) is 9.10 Å². The molecule has 7 heteroatoms. The standard InChI is InChI=1S/C23H21ClN2O3S/c24-21-12-11-20(16-22(21)26-13-4-14-30(26,28)29)25-23(27)15-17-7-9-19(10-8-17)18-5-2-1-3-6-18/h1-3,5-12,16H,4,13-15H2,(H,25,27). The molecule has 4 rings (SSSR count). The minimum absolute atomic E-state index is 0.110. The SMILES string of the molecule is O=C(Cc1ccc(-c2ccccc2)cc1)Nc1ccc(Cl)c(N2CCCS2(=O)=O)c1. The molecule has 154 valence electrons. The Balaban J connectivity index is 1.45. The topological polar surface area (TPSA) is 66.5 Å². The maximum Gasteiger partial charge on any atom is 0.235 e. The normalized spacial score (nSPS) is 15.2. The van der Waals surface area contributed by atoms with Gasteiger partial charge in [0.1, 0.15) is 0 Å². The summed E-state index contributed by atoms with van der Waals surface area (Å²) in [5.41, 5.74) is 4.03. The van der Waals surface area contributed by atoms with E-state index in [2.05, 4.69) is 5.32 Å². The Kier molecular flexibility index (Phi) is 5.79. The third-order valence-electron chi connectivity index (χ3n) is 5.02. The van der Waals surface area contributed by atoms with E-state index in [1.807, 2.05) is 54.6 Å². The van der Waals surface area contributed by atoms with E-state index in [0.29, 0.717) is 29.4 Å². The van der Waals surface area contributed by atoms with E-state index in [4.69, 9.17) is 11.6 Å². The van der Waals surface area contributed by atoms with E-state index in [-0.39, 0.29) is 18.1 Å². The lowest BCUT2D eigenvalue weighted by molar-refractivity contribution is -0.115. The molecule has 0 aromatic heterocycles. The van der Waals surface area contributed by atoms with Gasteiger partial charge in [-0.2, -0.15) is 0 Å². The Morgan fingerprint density at radius 2 is 1.67 bits per heavy atom. The second-order valence-electron chi connectivity index (χ2n) is 7.20. The number of halogens is 1. The molecule has 3 aromatic rings. The van der Waals surface area contributed by atoms with Crippen LogP contribution in [0.15, 0.2) is 72.8 Å². The predicted octanol–water partition coefficient (Wildman–Crippen LogP) is 4.73. The molecule has 0 atom stereocenters. The van der Waals surface area contributed by atoms with Crippen LogP contribution in [-0.4, -0.2) is 26.6 Å². The molecule has 30 heavy (non-hydrogen) atoms. The number of amides is 1. The molecule has 1 heterocycles. The first-order valence-electron chi connectivity index (χ1n) is 9.66. The monoisotopic (exact) mass is 440 g/mol. The van der Waals surface area contributed by atoms with Crippen LogP contribution >= 0.6 is 11.6 Å². The number of nitrogens with zero attached hydrogens (tertiary/aromatic N) is 1. The number of rotatable bonds is 5. The van der Waals surface area contributed by atoms with Crippen molar-refractivity contribution in [1.82, 2.24) is 0 Å². The van der Waals surface area contributed by atoms with Crippen LogP contribution in [0.3, 0.4) is 0 Å². The number of anilines is 2. The van der Waals surface area contributed by atoms with Crippen molar-refractivity contribution in [2.45, 2.75) is 12.8 Å². The van der Waals surface area contributed by atoms with Crippen molar-refractivity contribution < 1.29 is 13.2 Å². The molecule has 1 amide bonds. The zero-order valence-corrected chi connectivity index (χ0v) is 17.8. The summed E-state index contributed by atoms with van der Waals surface area (Å²) in [7, 11) is -3.35. The van der Waals surface area contributed by atoms with E-state index >= 15 is 0 Å². The fourth-order valence-corrected chi connectivity index (χ4v) is 5.37. The third kappa shape index (κ3) is 4.50. The number of nitrogens with one attached hydrogen (secondary N) is 1. The fourth-order valence-electron chi connectivity index (χ4n) is 3.53. The van der Waals surface area contributed by atoms with Gasteiger partial charge in [0.15, 0.2) is 0 Å². The molecule has 5 nitrogen and oxygen atoms in total. The Morgan fingerprint density at radius 3 is 2.33 bits per heavy atom. The molecular weight excluding hydrogens is 420 g/mol. The Bertz CT molecular complexity index is 1160. The minimum Gasteiger partial charge on any atom is -0.326 e. The molecule has 1 fully saturated rings. The van der Waals surface area contributed by atoms with Crippen molar-refractivity contribution in [3.8, 4) is 11.1 Å². The number of sulfonamides is 1. The molecule has 1 saturated heterocycles. The maximum atomic E-state index is 12.5. The molecule has 0 radical (unpaired) electrons. The van der Waals surface area contributed by atoms with Crippen LogP contribution in [0.4, 0.5) is 11.4 Å². The smallest absolute Gasteiger partial charge is 0.235 e. The van der Waals surface area contributed by atoms with Gasteiger partial charge in [-0.1, -0.05) is 66.2 Å². The first-order valence-corrected chi connectivity index (χ1v) is 11.7. The van der Waals surface area contributed by atoms with Gasteiger partial charge in [0, 0.05) is 12.2 Å². The van der Waals surface area contributed by atoms with Crippen LogP contribution in [0.5, 0.6) is 0 Å². The van der Waals surface area contributed by atoms with Crippen molar-refractivity contribution in [3.63, 3.8) is 0 Å². The van der Waals surface area contributed by atoms with Crippen molar-refractivity contribution in [2.24, 2.45) is 0 Å². The van der Waals surface area contributed by atoms with Crippen LogP contribution in [0.25, 0.3) is 11.1 Å². The number of benzene rings is 3. The average molecular weight is 441 g/mol. The van der Waals surface area contributed by atoms with Gasteiger partial charge in [0.2, 0.25) is 15.9 Å². The summed E-state index contributed by atoms with van der Waals surface area (Å²) < 4.78 is 25.7. The molecule has 0 saturated carbocycles. The van der Waals surface area contributed by atoms with E-state index in [0.717, 1.165) is 16.7 Å². The van der Waals surface area contributed by atoms with E-state index in [1.165, 1.54) is 4.31 Å². The summed E-state index contributed by atoms with van der Waals surface area (Å²) in [4.78, 5) is 12.5. The predicted molar refractivity (Wildman–Crippen MR) is 121 cm³/mol. The summed E-state index contributed by atoms with van der Waals surface area (Å²) >= 11 is 6.22. The second-order valence-corrected chi connectivity index (χ2v) is 9.62. The van der Waals surface area contributed by atoms with Crippen LogP contribution in [-0.2, 0) is 21.2 Å². The van der Waals surface area contributed by atoms with Gasteiger partial charge in [0.25, 0.3) is 0 Å². The average Bonchev–Trinajstić information content (AvgIpc) is 3.09. The van der Waals surface area contributed by atoms with Gasteiger partial charge >= 0.3 is 0 Å². The lowest BCUT2D eigenvalue weighted by Gasteiger charge is -2.19. The van der Waals surface area contributed by atoms with Gasteiger partial charge in [0.05, 0.1) is 22.9 Å². The van der Waals surface area contributed by atoms with Crippen LogP contribution < -0.4 is 9.62 Å². The van der Waals surface area contributed by atoms with E-state index in [9.17, 15) is 13.2 Å². The first kappa shape index (κ1) is 20.4. The third-order valence-corrected chi connectivity index (χ3v) is 7.20. The van der Waals surface area contributed by atoms with Crippen molar-refractivity contribution in [2.75, 3.05) is 21.9 Å². The highest BCUT2D eigenvalue weighted by Crippen LogP contribution is 2.33. The summed E-state index contributed by atoms with van der Waals surface area (Å²) in [5, 5.41) is 3.18. The molecule has 3 aromatic carbocycles. The lowest BCUT2D eigenvalue weighted by atomic mass is 10.0. The number of hydrogen-bond acceptors (Lipinski definition) is 3. The Hall–Kier alpha value is -2.83. The summed E-state index contributed by atoms with van der Waals surface area (Å²) in [6, 6.07) is 22.8. The van der Waals surface area contributed by atoms with Crippen LogP contribution in [0, 0.1) is 0 Å². The highest BCUT2D eigenvalue weighted by molar-refractivity contribution is 7.93. The zero-order chi connectivity index (χ0) is 21.1. The summed E-state index contributed by atoms with van der Waals surface area (Å²) in [5.74, 6) is -0.0705. The van der Waals surface area contributed by atoms with Gasteiger partial charge < -0.3 is 5.32 Å². The molecule has 0 aliphatic carbocycles. The summed E-state index contributed by atoms with van der Waals surface area (Å²) in [6.45, 7) is 0.396. The molecule has 1 N–H and O–H groups in total. The minimum atomic E-state index is -3.35. The van der Waals surface area contributed by atoms with Crippen LogP contribution in [0.1, 0.15) is 12.0 Å². The van der Waals surface area contributed by atoms with Gasteiger partial charge in [-0.05, 0) is 41.3 Å². The van der Waals surface area contributed by atoms with Crippen LogP contribution in [0.2, 0.25) is 5.02 Å². The highest BCUT2D eigenvalue weighted by Gasteiger charge is 2.30. The van der Waals surface area contributed by atoms with Crippen molar-refractivity contribution in [1.29, 1.82) is 0 Å². The highest BCUT2D eigenvalue weighted by atomic mass is 35.5. The maximum absolute atomic E-state index is 12.5. The Morgan fingerprint density at radius 1 is 0.967 bits per heavy atom. The first-order chi connectivity index (χ1) is 14.4. The fraction of sp³-hybridized carbons (Fsp3) is 0.174. The number of carbonyl (C=O) groups is 1. The Labute approximate surface area is 181 Å². The molecule has 1 aliphatic rings. The molecular formula is C23H21ClN2O3S. The lowest BCUT2D eigenvalue weighted by Crippen LogP contribution is -2.25. The van der Waals surface area contributed by atoms with Crippen molar-refractivity contribution in [3.05, 3.63) is 83.4 Å². The summed E-state index contributed by atoms with van der Waals surface area (Å²) in [6.07, 6.45) is 0.781. The van der Waals surface area contributed by atoms with Crippen molar-refractivity contribution >= 4 is 38.9 Å². The largest absolute Gasteiger partial charge is 0.326 e. The molecule has 0 spiro atoms. The van der Waals surface area contributed by atoms with E-state index < -0.39 is 10.0 Å². The molecule has 1 aliphatic heterocycles. The quantitative estimate of drug-likeness (QED) is 0.623. The zero-order valence-electron chi connectivity index (χ0n) is 16.2.